The van der Waals surface area contributed by atoms with E-state index in [4.69, 9.17) is 14.6 Å². The fourth-order valence-corrected chi connectivity index (χ4v) is 2.13. The second kappa shape index (κ2) is 6.63. The minimum absolute atomic E-state index is 0.130. The van der Waals surface area contributed by atoms with Gasteiger partial charge in [-0.2, -0.15) is 0 Å². The van der Waals surface area contributed by atoms with Crippen LogP contribution in [0.1, 0.15) is 21.5 Å². The lowest BCUT2D eigenvalue weighted by Gasteiger charge is -2.10. The van der Waals surface area contributed by atoms with Crippen LogP contribution < -0.4 is 9.47 Å². The van der Waals surface area contributed by atoms with Crippen LogP contribution in [0.25, 0.3) is 0 Å². The zero-order valence-electron chi connectivity index (χ0n) is 11.7. The number of rotatable bonds is 5. The number of benzene rings is 2. The third-order valence-corrected chi connectivity index (χ3v) is 3.92. The first kappa shape index (κ1) is 15.4. The summed E-state index contributed by atoms with van der Waals surface area (Å²) in [7, 11) is 1.45. The number of hydrogen-bond acceptors (Lipinski definition) is 3. The van der Waals surface area contributed by atoms with E-state index in [2.05, 4.69) is 15.9 Å². The van der Waals surface area contributed by atoms with E-state index >= 15 is 0 Å². The van der Waals surface area contributed by atoms with Crippen LogP contribution in [0, 0.1) is 6.92 Å². The fraction of sp³-hybridized carbons (Fsp3) is 0.188. The number of carboxylic acids is 1. The van der Waals surface area contributed by atoms with Gasteiger partial charge in [0.05, 0.1) is 7.11 Å². The molecular weight excluding hydrogens is 336 g/mol. The number of carboxylic acid groups (broad SMARTS) is 1. The topological polar surface area (TPSA) is 55.8 Å². The molecule has 0 atom stereocenters. The van der Waals surface area contributed by atoms with Crippen molar-refractivity contribution < 1.29 is 19.4 Å². The summed E-state index contributed by atoms with van der Waals surface area (Å²) in [6.07, 6.45) is 0. The quantitative estimate of drug-likeness (QED) is 0.883. The molecule has 0 heterocycles. The van der Waals surface area contributed by atoms with Gasteiger partial charge in [-0.25, -0.2) is 4.79 Å². The van der Waals surface area contributed by atoms with E-state index < -0.39 is 5.97 Å². The molecule has 2 rings (SSSR count). The summed E-state index contributed by atoms with van der Waals surface area (Å²) in [6, 6.07) is 10.7. The third-order valence-electron chi connectivity index (χ3n) is 3.03. The van der Waals surface area contributed by atoms with Crippen molar-refractivity contribution >= 4 is 21.9 Å². The van der Waals surface area contributed by atoms with E-state index in [1.165, 1.54) is 7.11 Å². The Bertz CT molecular complexity index is 667. The highest BCUT2D eigenvalue weighted by Gasteiger charge is 2.11. The molecule has 0 saturated heterocycles. The number of aromatic carboxylic acids is 1. The second-order valence-electron chi connectivity index (χ2n) is 4.54. The number of hydrogen-bond donors (Lipinski definition) is 1. The van der Waals surface area contributed by atoms with E-state index in [1.807, 2.05) is 25.1 Å². The molecule has 0 aliphatic rings. The Kier molecular flexibility index (Phi) is 4.85. The molecule has 0 aliphatic heterocycles. The molecule has 1 N–H and O–H groups in total. The molecule has 0 aromatic heterocycles. The summed E-state index contributed by atoms with van der Waals surface area (Å²) >= 11 is 3.43. The average molecular weight is 351 g/mol. The molecule has 0 amide bonds. The van der Waals surface area contributed by atoms with Crippen LogP contribution >= 0.6 is 15.9 Å². The molecule has 2 aromatic rings. The van der Waals surface area contributed by atoms with Gasteiger partial charge in [-0.1, -0.05) is 22.0 Å². The first-order valence-corrected chi connectivity index (χ1v) is 7.09. The number of carbonyl (C=O) groups is 1. The molecule has 0 bridgehead atoms. The molecule has 0 fully saturated rings. The zero-order valence-corrected chi connectivity index (χ0v) is 13.3. The van der Waals surface area contributed by atoms with Crippen LogP contribution in [0.15, 0.2) is 40.9 Å². The van der Waals surface area contributed by atoms with E-state index in [9.17, 15) is 4.79 Å². The first-order chi connectivity index (χ1) is 10.0. The SMILES string of the molecule is COc1ccc(COc2ccc(Br)c(C)c2)cc1C(=O)O. The van der Waals surface area contributed by atoms with Crippen LogP contribution in [0.3, 0.4) is 0 Å². The number of aryl methyl sites for hydroxylation is 1. The van der Waals surface area contributed by atoms with Crippen molar-refractivity contribution in [3.8, 4) is 11.5 Å². The Morgan fingerprint density at radius 3 is 2.62 bits per heavy atom. The van der Waals surface area contributed by atoms with Crippen LogP contribution in [0.4, 0.5) is 0 Å². The van der Waals surface area contributed by atoms with Gasteiger partial charge >= 0.3 is 5.97 Å². The molecule has 0 unspecified atom stereocenters. The number of methoxy groups -OCH3 is 1. The van der Waals surface area contributed by atoms with Crippen LogP contribution in [-0.4, -0.2) is 18.2 Å². The van der Waals surface area contributed by atoms with Crippen molar-refractivity contribution in [3.05, 3.63) is 57.6 Å². The molecule has 0 radical (unpaired) electrons. The molecule has 4 nitrogen and oxygen atoms in total. The van der Waals surface area contributed by atoms with Gasteiger partial charge < -0.3 is 14.6 Å². The van der Waals surface area contributed by atoms with Gasteiger partial charge in [0, 0.05) is 4.47 Å². The largest absolute Gasteiger partial charge is 0.496 e. The highest BCUT2D eigenvalue weighted by Crippen LogP contribution is 2.24. The van der Waals surface area contributed by atoms with Crippen molar-refractivity contribution in [3.63, 3.8) is 0 Å². The van der Waals surface area contributed by atoms with Crippen molar-refractivity contribution in [2.45, 2.75) is 13.5 Å². The Hall–Kier alpha value is -2.01. The van der Waals surface area contributed by atoms with Crippen molar-refractivity contribution in [2.75, 3.05) is 7.11 Å². The Morgan fingerprint density at radius 2 is 2.00 bits per heavy atom. The first-order valence-electron chi connectivity index (χ1n) is 6.30. The Morgan fingerprint density at radius 1 is 1.24 bits per heavy atom. The molecule has 2 aromatic carbocycles. The third kappa shape index (κ3) is 3.76. The predicted octanol–water partition coefficient (Wildman–Crippen LogP) is 4.04. The van der Waals surface area contributed by atoms with E-state index in [0.29, 0.717) is 12.4 Å². The number of halogens is 1. The van der Waals surface area contributed by atoms with Gasteiger partial charge in [-0.05, 0) is 48.4 Å². The molecule has 0 spiro atoms. The van der Waals surface area contributed by atoms with E-state index in [0.717, 1.165) is 21.3 Å². The summed E-state index contributed by atoms with van der Waals surface area (Å²) in [5.74, 6) is 0.0577. The standard InChI is InChI=1S/C16H15BrO4/c1-10-7-12(4-5-14(10)17)21-9-11-3-6-15(20-2)13(8-11)16(18)19/h3-8H,9H2,1-2H3,(H,18,19). The summed E-state index contributed by atoms with van der Waals surface area (Å²) in [6.45, 7) is 2.28. The van der Waals surface area contributed by atoms with Gasteiger partial charge in [-0.3, -0.25) is 0 Å². The fourth-order valence-electron chi connectivity index (χ4n) is 1.89. The van der Waals surface area contributed by atoms with Gasteiger partial charge in [0.25, 0.3) is 0 Å². The van der Waals surface area contributed by atoms with Crippen LogP contribution in [0.2, 0.25) is 0 Å². The summed E-state index contributed by atoms with van der Waals surface area (Å²) in [5.41, 5.74) is 1.98. The molecule has 21 heavy (non-hydrogen) atoms. The summed E-state index contributed by atoms with van der Waals surface area (Å²) in [4.78, 5) is 11.2. The molecule has 5 heteroatoms. The molecular formula is C16H15BrO4. The van der Waals surface area contributed by atoms with Gasteiger partial charge in [0.1, 0.15) is 23.7 Å². The maximum absolute atomic E-state index is 11.2. The van der Waals surface area contributed by atoms with E-state index in [1.54, 1.807) is 18.2 Å². The monoisotopic (exact) mass is 350 g/mol. The van der Waals surface area contributed by atoms with E-state index in [-0.39, 0.29) is 5.56 Å². The Balaban J connectivity index is 2.14. The lowest BCUT2D eigenvalue weighted by molar-refractivity contribution is 0.0693. The molecule has 0 aliphatic carbocycles. The van der Waals surface area contributed by atoms with Crippen molar-refractivity contribution in [1.29, 1.82) is 0 Å². The smallest absolute Gasteiger partial charge is 0.339 e. The highest BCUT2D eigenvalue weighted by molar-refractivity contribution is 9.10. The van der Waals surface area contributed by atoms with Gasteiger partial charge in [-0.15, -0.1) is 0 Å². The predicted molar refractivity (Wildman–Crippen MR) is 83.2 cm³/mol. The maximum Gasteiger partial charge on any atom is 0.339 e. The zero-order chi connectivity index (χ0) is 15.4. The minimum atomic E-state index is -1.02. The lowest BCUT2D eigenvalue weighted by atomic mass is 10.1. The lowest BCUT2D eigenvalue weighted by Crippen LogP contribution is -2.03. The Labute approximate surface area is 131 Å². The van der Waals surface area contributed by atoms with Crippen molar-refractivity contribution in [1.82, 2.24) is 0 Å². The average Bonchev–Trinajstić information content (AvgIpc) is 2.48. The van der Waals surface area contributed by atoms with Crippen LogP contribution in [-0.2, 0) is 6.61 Å². The van der Waals surface area contributed by atoms with Crippen LogP contribution in [0.5, 0.6) is 11.5 Å². The normalized spacial score (nSPS) is 10.2. The maximum atomic E-state index is 11.2. The second-order valence-corrected chi connectivity index (χ2v) is 5.39. The van der Waals surface area contributed by atoms with Gasteiger partial charge in [0.2, 0.25) is 0 Å². The number of ether oxygens (including phenoxy) is 2. The summed E-state index contributed by atoms with van der Waals surface area (Å²) < 4.78 is 11.7. The van der Waals surface area contributed by atoms with Crippen molar-refractivity contribution in [2.24, 2.45) is 0 Å². The summed E-state index contributed by atoms with van der Waals surface area (Å²) in [5, 5.41) is 9.15. The highest BCUT2D eigenvalue weighted by atomic mass is 79.9. The molecule has 110 valence electrons. The van der Waals surface area contributed by atoms with Gasteiger partial charge in [0.15, 0.2) is 0 Å². The minimum Gasteiger partial charge on any atom is -0.496 e. The molecule has 0 saturated carbocycles.